The predicted octanol–water partition coefficient (Wildman–Crippen LogP) is 2.27. The van der Waals surface area contributed by atoms with Gasteiger partial charge in [0.05, 0.1) is 5.56 Å². The van der Waals surface area contributed by atoms with E-state index in [0.717, 1.165) is 0 Å². The molecule has 1 heterocycles. The van der Waals surface area contributed by atoms with Crippen molar-refractivity contribution in [2.75, 3.05) is 0 Å². The maximum atomic E-state index is 11.9. The van der Waals surface area contributed by atoms with Gasteiger partial charge in [-0.2, -0.15) is 0 Å². The van der Waals surface area contributed by atoms with Crippen LogP contribution < -0.4 is 0 Å². The van der Waals surface area contributed by atoms with Crippen LogP contribution in [0.4, 0.5) is 0 Å². The molecule has 0 radical (unpaired) electrons. The quantitative estimate of drug-likeness (QED) is 0.540. The molecule has 1 aromatic carbocycles. The van der Waals surface area contributed by atoms with E-state index < -0.39 is 17.8 Å². The topological polar surface area (TPSA) is 63.7 Å². The fourth-order valence-electron chi connectivity index (χ4n) is 1.44. The second-order valence-electron chi connectivity index (χ2n) is 3.58. The van der Waals surface area contributed by atoms with Crippen molar-refractivity contribution in [1.29, 1.82) is 0 Å². The van der Waals surface area contributed by atoms with Gasteiger partial charge in [0.2, 0.25) is 0 Å². The molecule has 0 bridgehead atoms. The summed E-state index contributed by atoms with van der Waals surface area (Å²) in [5.41, 5.74) is 0.303. The van der Waals surface area contributed by atoms with Gasteiger partial charge in [0.25, 0.3) is 11.8 Å². The number of nitrogens with zero attached hydrogens (tertiary/aromatic N) is 1. The van der Waals surface area contributed by atoms with E-state index >= 15 is 0 Å². The number of carbonyl (C=O) groups is 3. The summed E-state index contributed by atoms with van der Waals surface area (Å²) in [5.74, 6) is -1.69. The largest absolute Gasteiger partial charge is 0.365 e. The third kappa shape index (κ3) is 2.72. The van der Waals surface area contributed by atoms with Gasteiger partial charge in [0, 0.05) is 20.9 Å². The minimum atomic E-state index is -0.718. The number of rotatable bonds is 2. The summed E-state index contributed by atoms with van der Waals surface area (Å²) in [6.45, 7) is 0. The summed E-state index contributed by atoms with van der Waals surface area (Å²) in [6, 6.07) is 5.09. The molecule has 0 aromatic heterocycles. The van der Waals surface area contributed by atoms with Gasteiger partial charge in [-0.25, -0.2) is 4.79 Å². The fourth-order valence-corrected chi connectivity index (χ4v) is 2.36. The molecule has 0 N–H and O–H groups in total. The maximum absolute atomic E-state index is 11.9. The second kappa shape index (κ2) is 5.35. The Balaban J connectivity index is 2.19. The monoisotopic (exact) mass is 423 g/mol. The Morgan fingerprint density at radius 1 is 1.28 bits per heavy atom. The molecule has 0 spiro atoms. The number of carbonyl (C=O) groups excluding carboxylic acids is 3. The number of amides is 2. The Bertz CT molecular complexity index is 530. The zero-order chi connectivity index (χ0) is 13.3. The van der Waals surface area contributed by atoms with Crippen LogP contribution in [0.1, 0.15) is 23.2 Å². The van der Waals surface area contributed by atoms with Crippen molar-refractivity contribution >= 4 is 56.3 Å². The van der Waals surface area contributed by atoms with E-state index in [0.29, 0.717) is 18.7 Å². The van der Waals surface area contributed by atoms with Gasteiger partial charge in [0.1, 0.15) is 0 Å². The van der Waals surface area contributed by atoms with E-state index in [9.17, 15) is 14.4 Å². The van der Waals surface area contributed by atoms with Gasteiger partial charge in [-0.1, -0.05) is 15.9 Å². The molecule has 0 atom stereocenters. The first-order valence-electron chi connectivity index (χ1n) is 5.02. The van der Waals surface area contributed by atoms with Gasteiger partial charge in [-0.05, 0) is 40.8 Å². The number of imide groups is 1. The zero-order valence-corrected chi connectivity index (χ0v) is 12.7. The average molecular weight is 424 g/mol. The highest BCUT2D eigenvalue weighted by molar-refractivity contribution is 14.1. The first-order chi connectivity index (χ1) is 8.49. The normalized spacial score (nSPS) is 15.1. The van der Waals surface area contributed by atoms with E-state index in [1.165, 1.54) is 0 Å². The van der Waals surface area contributed by atoms with Gasteiger partial charge < -0.3 is 4.84 Å². The molecule has 18 heavy (non-hydrogen) atoms. The summed E-state index contributed by atoms with van der Waals surface area (Å²) in [5, 5.41) is 0.541. The van der Waals surface area contributed by atoms with Gasteiger partial charge in [0.15, 0.2) is 0 Å². The molecule has 1 aliphatic heterocycles. The van der Waals surface area contributed by atoms with E-state index in [4.69, 9.17) is 4.84 Å². The number of hydroxylamine groups is 2. The van der Waals surface area contributed by atoms with Crippen molar-refractivity contribution in [1.82, 2.24) is 5.06 Å². The van der Waals surface area contributed by atoms with Crippen LogP contribution in [0.2, 0.25) is 0 Å². The summed E-state index contributed by atoms with van der Waals surface area (Å²) in [4.78, 5) is 39.3. The van der Waals surface area contributed by atoms with Crippen molar-refractivity contribution in [2.24, 2.45) is 0 Å². The number of hydrogen-bond donors (Lipinski definition) is 0. The number of benzene rings is 1. The first kappa shape index (κ1) is 13.5. The van der Waals surface area contributed by atoms with E-state index in [2.05, 4.69) is 15.9 Å². The Labute approximate surface area is 125 Å². The number of hydrogen-bond acceptors (Lipinski definition) is 4. The summed E-state index contributed by atoms with van der Waals surface area (Å²) in [6.07, 6.45) is 0.170. The second-order valence-corrected chi connectivity index (χ2v) is 5.66. The van der Waals surface area contributed by atoms with Gasteiger partial charge in [-0.3, -0.25) is 9.59 Å². The van der Waals surface area contributed by atoms with Crippen molar-refractivity contribution in [3.05, 3.63) is 31.8 Å². The molecular weight excluding hydrogens is 417 g/mol. The molecule has 1 saturated heterocycles. The third-order valence-corrected chi connectivity index (χ3v) is 3.76. The Morgan fingerprint density at radius 3 is 2.50 bits per heavy atom. The third-order valence-electron chi connectivity index (χ3n) is 2.33. The minimum Gasteiger partial charge on any atom is -0.325 e. The van der Waals surface area contributed by atoms with E-state index in [-0.39, 0.29) is 12.8 Å². The molecule has 5 nitrogen and oxygen atoms in total. The van der Waals surface area contributed by atoms with Crippen LogP contribution in [-0.2, 0) is 14.4 Å². The van der Waals surface area contributed by atoms with Crippen molar-refractivity contribution < 1.29 is 19.2 Å². The van der Waals surface area contributed by atoms with Crippen LogP contribution in [0.3, 0.4) is 0 Å². The SMILES string of the molecule is O=C(ON1C(=O)CCC1=O)c1cc(Br)ccc1I. The summed E-state index contributed by atoms with van der Waals surface area (Å²) in [7, 11) is 0. The standard InChI is InChI=1S/C11H7BrINO4/c12-6-1-2-8(13)7(5-6)11(17)18-14-9(15)3-4-10(14)16/h1-2,5H,3-4H2. The number of halogens is 2. The lowest BCUT2D eigenvalue weighted by atomic mass is 10.2. The summed E-state index contributed by atoms with van der Waals surface area (Å²) >= 11 is 5.22. The van der Waals surface area contributed by atoms with Crippen LogP contribution in [0.5, 0.6) is 0 Å². The summed E-state index contributed by atoms with van der Waals surface area (Å²) < 4.78 is 1.40. The Kier molecular flexibility index (Phi) is 4.00. The van der Waals surface area contributed by atoms with E-state index in [1.54, 1.807) is 18.2 Å². The van der Waals surface area contributed by atoms with Crippen molar-refractivity contribution in [3.63, 3.8) is 0 Å². The Hall–Kier alpha value is -0.960. The van der Waals surface area contributed by atoms with Crippen molar-refractivity contribution in [2.45, 2.75) is 12.8 Å². The van der Waals surface area contributed by atoms with E-state index in [1.807, 2.05) is 22.6 Å². The van der Waals surface area contributed by atoms with Crippen molar-refractivity contribution in [3.8, 4) is 0 Å². The molecule has 2 amide bonds. The van der Waals surface area contributed by atoms with Crippen LogP contribution in [-0.4, -0.2) is 22.8 Å². The maximum Gasteiger partial charge on any atom is 0.365 e. The highest BCUT2D eigenvalue weighted by atomic mass is 127. The smallest absolute Gasteiger partial charge is 0.325 e. The van der Waals surface area contributed by atoms with Gasteiger partial charge >= 0.3 is 5.97 Å². The lowest BCUT2D eigenvalue weighted by Crippen LogP contribution is -2.32. The van der Waals surface area contributed by atoms with Crippen LogP contribution >= 0.6 is 38.5 Å². The molecular formula is C11H7BrINO4. The first-order valence-corrected chi connectivity index (χ1v) is 6.89. The zero-order valence-electron chi connectivity index (χ0n) is 8.98. The van der Waals surface area contributed by atoms with Crippen LogP contribution in [0.25, 0.3) is 0 Å². The average Bonchev–Trinajstić information content (AvgIpc) is 2.64. The molecule has 0 aliphatic carbocycles. The van der Waals surface area contributed by atoms with Crippen LogP contribution in [0.15, 0.2) is 22.7 Å². The molecule has 1 fully saturated rings. The Morgan fingerprint density at radius 2 is 1.89 bits per heavy atom. The van der Waals surface area contributed by atoms with Gasteiger partial charge in [-0.15, -0.1) is 5.06 Å². The highest BCUT2D eigenvalue weighted by Crippen LogP contribution is 2.21. The minimum absolute atomic E-state index is 0.0850. The molecule has 0 unspecified atom stereocenters. The predicted molar refractivity (Wildman–Crippen MR) is 73.4 cm³/mol. The molecule has 1 aromatic rings. The molecule has 0 saturated carbocycles. The highest BCUT2D eigenvalue weighted by Gasteiger charge is 2.33. The fraction of sp³-hybridized carbons (Fsp3) is 0.182. The molecule has 94 valence electrons. The lowest BCUT2D eigenvalue weighted by molar-refractivity contribution is -0.172. The van der Waals surface area contributed by atoms with Crippen LogP contribution in [0, 0.1) is 3.57 Å². The lowest BCUT2D eigenvalue weighted by Gasteiger charge is -2.13. The molecule has 2 rings (SSSR count). The molecule has 7 heteroatoms. The molecule has 1 aliphatic rings.